The van der Waals surface area contributed by atoms with Crippen LogP contribution < -0.4 is 14.2 Å². The van der Waals surface area contributed by atoms with Gasteiger partial charge >= 0.3 is 0 Å². The third-order valence-electron chi connectivity index (χ3n) is 3.38. The Kier molecular flexibility index (Phi) is 5.13. The van der Waals surface area contributed by atoms with Gasteiger partial charge in [0.1, 0.15) is 27.7 Å². The van der Waals surface area contributed by atoms with Crippen molar-refractivity contribution in [3.05, 3.63) is 35.2 Å². The summed E-state index contributed by atoms with van der Waals surface area (Å²) >= 11 is 0. The molecule has 2 aromatic rings. The summed E-state index contributed by atoms with van der Waals surface area (Å²) < 4.78 is 42.2. The van der Waals surface area contributed by atoms with E-state index in [9.17, 15) is 13.2 Å². The number of sulfonamides is 1. The zero-order valence-corrected chi connectivity index (χ0v) is 14.6. The molecule has 9 heteroatoms. The second-order valence-electron chi connectivity index (χ2n) is 4.87. The van der Waals surface area contributed by atoms with Crippen molar-refractivity contribution in [2.75, 3.05) is 14.2 Å². The van der Waals surface area contributed by atoms with Crippen molar-refractivity contribution < 1.29 is 27.2 Å². The third kappa shape index (κ3) is 3.35. The van der Waals surface area contributed by atoms with Crippen molar-refractivity contribution in [3.8, 4) is 11.5 Å². The number of methoxy groups -OCH3 is 2. The lowest BCUT2D eigenvalue weighted by Gasteiger charge is -2.12. The van der Waals surface area contributed by atoms with Gasteiger partial charge in [0.15, 0.2) is 0 Å². The second-order valence-corrected chi connectivity index (χ2v) is 6.52. The first-order valence-electron chi connectivity index (χ1n) is 7.08. The summed E-state index contributed by atoms with van der Waals surface area (Å²) in [4.78, 5) is 12.2. The molecule has 1 aromatic carbocycles. The van der Waals surface area contributed by atoms with Gasteiger partial charge in [-0.25, -0.2) is 13.1 Å². The molecule has 0 unspecified atom stereocenters. The number of aromatic nitrogens is 1. The smallest absolute Gasteiger partial charge is 0.270 e. The summed E-state index contributed by atoms with van der Waals surface area (Å²) in [5.41, 5.74) is 0.501. The maximum absolute atomic E-state index is 12.6. The molecule has 24 heavy (non-hydrogen) atoms. The van der Waals surface area contributed by atoms with Gasteiger partial charge in [-0.2, -0.15) is 0 Å². The van der Waals surface area contributed by atoms with Crippen LogP contribution >= 0.6 is 0 Å². The molecule has 1 heterocycles. The van der Waals surface area contributed by atoms with Crippen molar-refractivity contribution in [2.45, 2.75) is 25.2 Å². The van der Waals surface area contributed by atoms with Crippen LogP contribution in [0, 0.1) is 6.92 Å². The fraction of sp³-hybridized carbons (Fsp3) is 0.333. The number of carbonyl (C=O) groups is 1. The van der Waals surface area contributed by atoms with Crippen LogP contribution in [-0.4, -0.2) is 33.7 Å². The monoisotopic (exact) mass is 354 g/mol. The van der Waals surface area contributed by atoms with Gasteiger partial charge in [-0.15, -0.1) is 0 Å². The van der Waals surface area contributed by atoms with E-state index >= 15 is 0 Å². The molecule has 0 spiro atoms. The van der Waals surface area contributed by atoms with Gasteiger partial charge in [-0.1, -0.05) is 12.1 Å². The lowest BCUT2D eigenvalue weighted by atomic mass is 10.1. The van der Waals surface area contributed by atoms with E-state index in [1.54, 1.807) is 19.9 Å². The van der Waals surface area contributed by atoms with Crippen LogP contribution in [0.15, 0.2) is 27.6 Å². The van der Waals surface area contributed by atoms with E-state index in [0.29, 0.717) is 17.9 Å². The van der Waals surface area contributed by atoms with Crippen LogP contribution in [0.5, 0.6) is 11.5 Å². The molecule has 130 valence electrons. The van der Waals surface area contributed by atoms with Crippen molar-refractivity contribution >= 4 is 15.9 Å². The largest absolute Gasteiger partial charge is 0.497 e. The zero-order chi connectivity index (χ0) is 17.9. The standard InChI is InChI=1S/C15H18N2O6S/c1-5-11-14(9(2)23-16-11)15(18)17-24(19,20)13-8-10(21-3)6-7-12(13)22-4/h6-8H,5H2,1-4H3,(H,17,18). The Hall–Kier alpha value is -2.55. The van der Waals surface area contributed by atoms with Crippen LogP contribution in [-0.2, 0) is 16.4 Å². The summed E-state index contributed by atoms with van der Waals surface area (Å²) in [6.07, 6.45) is 0.433. The number of hydrogen-bond donors (Lipinski definition) is 1. The fourth-order valence-electron chi connectivity index (χ4n) is 2.17. The highest BCUT2D eigenvalue weighted by molar-refractivity contribution is 7.90. The average Bonchev–Trinajstić information content (AvgIpc) is 2.94. The molecule has 0 saturated carbocycles. The molecular formula is C15H18N2O6S. The normalized spacial score (nSPS) is 11.2. The summed E-state index contributed by atoms with van der Waals surface area (Å²) in [7, 11) is -1.43. The molecule has 0 fully saturated rings. The van der Waals surface area contributed by atoms with Crippen molar-refractivity contribution in [3.63, 3.8) is 0 Å². The minimum absolute atomic E-state index is 0.0915. The maximum Gasteiger partial charge on any atom is 0.270 e. The lowest BCUT2D eigenvalue weighted by Crippen LogP contribution is -2.31. The van der Waals surface area contributed by atoms with Crippen molar-refractivity contribution in [1.29, 1.82) is 0 Å². The van der Waals surface area contributed by atoms with Crippen molar-refractivity contribution in [2.24, 2.45) is 0 Å². The lowest BCUT2D eigenvalue weighted by molar-refractivity contribution is 0.0979. The molecule has 0 atom stereocenters. The van der Waals surface area contributed by atoms with Crippen LogP contribution in [0.4, 0.5) is 0 Å². The molecule has 1 aromatic heterocycles. The Morgan fingerprint density at radius 2 is 2.00 bits per heavy atom. The first-order valence-corrected chi connectivity index (χ1v) is 8.56. The quantitative estimate of drug-likeness (QED) is 0.841. The minimum atomic E-state index is -4.18. The molecule has 0 aliphatic heterocycles. The Balaban J connectivity index is 2.41. The number of nitrogens with zero attached hydrogens (tertiary/aromatic N) is 1. The zero-order valence-electron chi connectivity index (χ0n) is 13.7. The Morgan fingerprint density at radius 3 is 2.58 bits per heavy atom. The highest BCUT2D eigenvalue weighted by Gasteiger charge is 2.27. The maximum atomic E-state index is 12.6. The summed E-state index contributed by atoms with van der Waals surface area (Å²) in [6, 6.07) is 4.27. The molecule has 0 aliphatic carbocycles. The van der Waals surface area contributed by atoms with Gasteiger partial charge in [0.05, 0.1) is 19.9 Å². The molecular weight excluding hydrogens is 336 g/mol. The molecule has 1 amide bonds. The number of benzene rings is 1. The van der Waals surface area contributed by atoms with Crippen LogP contribution in [0.3, 0.4) is 0 Å². The van der Waals surface area contributed by atoms with E-state index in [-0.39, 0.29) is 22.0 Å². The number of rotatable bonds is 6. The predicted octanol–water partition coefficient (Wildman–Crippen LogP) is 1.68. The number of nitrogens with one attached hydrogen (secondary N) is 1. The SMILES string of the molecule is CCc1noc(C)c1C(=O)NS(=O)(=O)c1cc(OC)ccc1OC. The topological polar surface area (TPSA) is 108 Å². The molecule has 0 bridgehead atoms. The van der Waals surface area contributed by atoms with E-state index in [1.807, 2.05) is 4.72 Å². The number of ether oxygens (including phenoxy) is 2. The summed E-state index contributed by atoms with van der Waals surface area (Å²) in [5.74, 6) is -0.152. The highest BCUT2D eigenvalue weighted by atomic mass is 32.2. The minimum Gasteiger partial charge on any atom is -0.497 e. The van der Waals surface area contributed by atoms with E-state index in [4.69, 9.17) is 14.0 Å². The molecule has 0 saturated heterocycles. The number of aryl methyl sites for hydroxylation is 2. The molecule has 0 aliphatic rings. The predicted molar refractivity (Wildman–Crippen MR) is 84.8 cm³/mol. The third-order valence-corrected chi connectivity index (χ3v) is 4.73. The Bertz CT molecular complexity index is 857. The number of amides is 1. The van der Waals surface area contributed by atoms with E-state index in [0.717, 1.165) is 0 Å². The molecule has 0 radical (unpaired) electrons. The van der Waals surface area contributed by atoms with Crippen LogP contribution in [0.25, 0.3) is 0 Å². The number of carbonyl (C=O) groups excluding carboxylic acids is 1. The van der Waals surface area contributed by atoms with Gasteiger partial charge in [0.2, 0.25) is 0 Å². The van der Waals surface area contributed by atoms with Crippen LogP contribution in [0.1, 0.15) is 28.7 Å². The first kappa shape index (κ1) is 17.8. The average molecular weight is 354 g/mol. The summed E-state index contributed by atoms with van der Waals surface area (Å²) in [6.45, 7) is 3.33. The highest BCUT2D eigenvalue weighted by Crippen LogP contribution is 2.28. The molecule has 2 rings (SSSR count). The fourth-order valence-corrected chi connectivity index (χ4v) is 3.32. The summed E-state index contributed by atoms with van der Waals surface area (Å²) in [5, 5.41) is 3.74. The van der Waals surface area contributed by atoms with Crippen molar-refractivity contribution in [1.82, 2.24) is 9.88 Å². The first-order chi connectivity index (χ1) is 11.3. The van der Waals surface area contributed by atoms with E-state index < -0.39 is 15.9 Å². The Labute approximate surface area is 139 Å². The van der Waals surface area contributed by atoms with Gasteiger partial charge < -0.3 is 14.0 Å². The van der Waals surface area contributed by atoms with Gasteiger partial charge in [-0.05, 0) is 25.5 Å². The second kappa shape index (κ2) is 6.91. The Morgan fingerprint density at radius 1 is 1.29 bits per heavy atom. The molecule has 1 N–H and O–H groups in total. The van der Waals surface area contributed by atoms with Gasteiger partial charge in [0.25, 0.3) is 15.9 Å². The number of hydrogen-bond acceptors (Lipinski definition) is 7. The van der Waals surface area contributed by atoms with E-state index in [2.05, 4.69) is 5.16 Å². The van der Waals surface area contributed by atoms with Crippen LogP contribution in [0.2, 0.25) is 0 Å². The molecule has 8 nitrogen and oxygen atoms in total. The van der Waals surface area contributed by atoms with Gasteiger partial charge in [0, 0.05) is 6.07 Å². The van der Waals surface area contributed by atoms with E-state index in [1.165, 1.54) is 26.4 Å². The van der Waals surface area contributed by atoms with Gasteiger partial charge in [-0.3, -0.25) is 4.79 Å².